The lowest BCUT2D eigenvalue weighted by Crippen LogP contribution is -2.39. The van der Waals surface area contributed by atoms with Crippen LogP contribution in [0, 0.1) is 0 Å². The highest BCUT2D eigenvalue weighted by atomic mass is 32.1. The van der Waals surface area contributed by atoms with Crippen molar-refractivity contribution in [2.24, 2.45) is 0 Å². The number of hydrogen-bond acceptors (Lipinski definition) is 3. The van der Waals surface area contributed by atoms with Crippen LogP contribution in [0.3, 0.4) is 0 Å². The molecule has 0 saturated heterocycles. The number of nitrogens with zero attached hydrogens (tertiary/aromatic N) is 1. The van der Waals surface area contributed by atoms with E-state index in [1.165, 1.54) is 4.88 Å². The van der Waals surface area contributed by atoms with E-state index in [0.29, 0.717) is 0 Å². The van der Waals surface area contributed by atoms with Gasteiger partial charge in [0.15, 0.2) is 0 Å². The lowest BCUT2D eigenvalue weighted by atomic mass is 10.2. The summed E-state index contributed by atoms with van der Waals surface area (Å²) in [5.74, 6) is 0.0188. The van der Waals surface area contributed by atoms with Crippen LogP contribution in [0.5, 0.6) is 0 Å². The van der Waals surface area contributed by atoms with Gasteiger partial charge in [0, 0.05) is 17.1 Å². The quantitative estimate of drug-likeness (QED) is 0.908. The van der Waals surface area contributed by atoms with Gasteiger partial charge in [-0.2, -0.15) is 0 Å². The Bertz CT molecular complexity index is 510. The van der Waals surface area contributed by atoms with Gasteiger partial charge in [-0.1, -0.05) is 24.3 Å². The van der Waals surface area contributed by atoms with E-state index in [9.17, 15) is 4.79 Å². The molecule has 19 heavy (non-hydrogen) atoms. The zero-order valence-electron chi connectivity index (χ0n) is 11.2. The molecule has 0 spiro atoms. The summed E-state index contributed by atoms with van der Waals surface area (Å²) in [5, 5.41) is 4.98. The fourth-order valence-corrected chi connectivity index (χ4v) is 2.52. The van der Waals surface area contributed by atoms with Crippen LogP contribution in [-0.4, -0.2) is 23.9 Å². The molecule has 0 aliphatic heterocycles. The van der Waals surface area contributed by atoms with Crippen LogP contribution in [0.1, 0.15) is 11.8 Å². The van der Waals surface area contributed by atoms with Crippen LogP contribution >= 0.6 is 11.3 Å². The molecular formula is C15H18N2OS. The predicted octanol–water partition coefficient (Wildman–Crippen LogP) is 3.21. The molecule has 2 rings (SSSR count). The number of amides is 1. The van der Waals surface area contributed by atoms with Gasteiger partial charge in [-0.05, 0) is 37.6 Å². The number of carbonyl (C=O) groups excluding carboxylic acids is 1. The van der Waals surface area contributed by atoms with E-state index in [2.05, 4.69) is 16.8 Å². The Kier molecular flexibility index (Phi) is 4.71. The van der Waals surface area contributed by atoms with Crippen molar-refractivity contribution < 1.29 is 4.79 Å². The third kappa shape index (κ3) is 3.91. The number of carbonyl (C=O) groups is 1. The molecule has 0 saturated carbocycles. The third-order valence-electron chi connectivity index (χ3n) is 3.07. The summed E-state index contributed by atoms with van der Waals surface area (Å²) in [7, 11) is 1.97. The molecule has 1 aromatic carbocycles. The first-order valence-corrected chi connectivity index (χ1v) is 7.13. The largest absolute Gasteiger partial charge is 0.325 e. The van der Waals surface area contributed by atoms with Crippen molar-refractivity contribution in [3.8, 4) is 0 Å². The highest BCUT2D eigenvalue weighted by Gasteiger charge is 2.18. The summed E-state index contributed by atoms with van der Waals surface area (Å²) < 4.78 is 0. The summed E-state index contributed by atoms with van der Waals surface area (Å²) in [5.41, 5.74) is 0.837. The molecule has 1 heterocycles. The lowest BCUT2D eigenvalue weighted by molar-refractivity contribution is -0.120. The molecule has 0 fully saturated rings. The first-order valence-electron chi connectivity index (χ1n) is 6.25. The molecule has 1 aromatic heterocycles. The van der Waals surface area contributed by atoms with Gasteiger partial charge >= 0.3 is 0 Å². The van der Waals surface area contributed by atoms with Crippen molar-refractivity contribution in [1.29, 1.82) is 0 Å². The molecule has 0 aliphatic carbocycles. The van der Waals surface area contributed by atoms with E-state index >= 15 is 0 Å². The first-order chi connectivity index (χ1) is 9.16. The molecule has 1 amide bonds. The van der Waals surface area contributed by atoms with Gasteiger partial charge in [-0.15, -0.1) is 11.3 Å². The maximum absolute atomic E-state index is 12.1. The highest BCUT2D eigenvalue weighted by molar-refractivity contribution is 7.09. The third-order valence-corrected chi connectivity index (χ3v) is 3.93. The smallest absolute Gasteiger partial charge is 0.241 e. The number of likely N-dealkylation sites (N-methyl/N-ethyl adjacent to an activating group) is 1. The van der Waals surface area contributed by atoms with Crippen molar-refractivity contribution in [1.82, 2.24) is 4.90 Å². The van der Waals surface area contributed by atoms with E-state index in [1.54, 1.807) is 11.3 Å². The SMILES string of the molecule is C[C@@H](C(=O)Nc1ccccc1)N(C)Cc1cccs1. The van der Waals surface area contributed by atoms with Gasteiger partial charge in [-0.25, -0.2) is 0 Å². The lowest BCUT2D eigenvalue weighted by Gasteiger charge is -2.23. The second kappa shape index (κ2) is 6.50. The predicted molar refractivity (Wildman–Crippen MR) is 80.3 cm³/mol. The first kappa shape index (κ1) is 13.8. The second-order valence-electron chi connectivity index (χ2n) is 4.53. The van der Waals surface area contributed by atoms with Crippen molar-refractivity contribution in [3.05, 3.63) is 52.7 Å². The maximum Gasteiger partial charge on any atom is 0.241 e. The van der Waals surface area contributed by atoms with Gasteiger partial charge < -0.3 is 5.32 Å². The van der Waals surface area contributed by atoms with E-state index in [0.717, 1.165) is 12.2 Å². The average Bonchev–Trinajstić information content (AvgIpc) is 2.91. The van der Waals surface area contributed by atoms with E-state index < -0.39 is 0 Å². The summed E-state index contributed by atoms with van der Waals surface area (Å²) >= 11 is 1.71. The molecule has 100 valence electrons. The zero-order chi connectivity index (χ0) is 13.7. The van der Waals surface area contributed by atoms with Crippen LogP contribution in [-0.2, 0) is 11.3 Å². The normalized spacial score (nSPS) is 12.4. The number of rotatable bonds is 5. The van der Waals surface area contributed by atoms with Gasteiger partial charge in [0.25, 0.3) is 0 Å². The average molecular weight is 274 g/mol. The summed E-state index contributed by atoms with van der Waals surface area (Å²) in [6, 6.07) is 13.5. The summed E-state index contributed by atoms with van der Waals surface area (Å²) in [6.45, 7) is 2.72. The Morgan fingerprint density at radius 1 is 1.26 bits per heavy atom. The molecule has 1 N–H and O–H groups in total. The minimum absolute atomic E-state index is 0.0188. The van der Waals surface area contributed by atoms with Crippen LogP contribution in [0.2, 0.25) is 0 Å². The molecule has 4 heteroatoms. The van der Waals surface area contributed by atoms with Gasteiger partial charge in [-0.3, -0.25) is 9.69 Å². The zero-order valence-corrected chi connectivity index (χ0v) is 12.0. The van der Waals surface area contributed by atoms with Crippen molar-refractivity contribution in [2.45, 2.75) is 19.5 Å². The highest BCUT2D eigenvalue weighted by Crippen LogP contribution is 2.13. The fraction of sp³-hybridized carbons (Fsp3) is 0.267. The van der Waals surface area contributed by atoms with E-state index in [1.807, 2.05) is 55.3 Å². The molecular weight excluding hydrogens is 256 g/mol. The van der Waals surface area contributed by atoms with E-state index in [-0.39, 0.29) is 11.9 Å². The Hall–Kier alpha value is -1.65. The standard InChI is InChI=1S/C15H18N2OS/c1-12(17(2)11-14-9-6-10-19-14)15(18)16-13-7-4-3-5-8-13/h3-10,12H,11H2,1-2H3,(H,16,18)/t12-/m0/s1. The maximum atomic E-state index is 12.1. The Morgan fingerprint density at radius 2 is 2.00 bits per heavy atom. The number of thiophene rings is 1. The summed E-state index contributed by atoms with van der Waals surface area (Å²) in [6.07, 6.45) is 0. The van der Waals surface area contributed by atoms with Crippen LogP contribution in [0.15, 0.2) is 47.8 Å². The van der Waals surface area contributed by atoms with Crippen LogP contribution in [0.25, 0.3) is 0 Å². The molecule has 0 aliphatic rings. The van der Waals surface area contributed by atoms with Crippen LogP contribution < -0.4 is 5.32 Å². The van der Waals surface area contributed by atoms with Crippen LogP contribution in [0.4, 0.5) is 5.69 Å². The molecule has 0 radical (unpaired) electrons. The molecule has 0 unspecified atom stereocenters. The van der Waals surface area contributed by atoms with Crippen molar-refractivity contribution in [3.63, 3.8) is 0 Å². The minimum atomic E-state index is -0.165. The number of para-hydroxylation sites is 1. The fourth-order valence-electron chi connectivity index (χ4n) is 1.75. The minimum Gasteiger partial charge on any atom is -0.325 e. The Balaban J connectivity index is 1.91. The molecule has 1 atom stereocenters. The number of nitrogens with one attached hydrogen (secondary N) is 1. The monoisotopic (exact) mass is 274 g/mol. The number of hydrogen-bond donors (Lipinski definition) is 1. The van der Waals surface area contributed by atoms with Gasteiger partial charge in [0.05, 0.1) is 6.04 Å². The molecule has 0 bridgehead atoms. The molecule has 2 aromatic rings. The van der Waals surface area contributed by atoms with Gasteiger partial charge in [0.2, 0.25) is 5.91 Å². The van der Waals surface area contributed by atoms with Crippen molar-refractivity contribution >= 4 is 22.9 Å². The Morgan fingerprint density at radius 3 is 2.63 bits per heavy atom. The van der Waals surface area contributed by atoms with E-state index in [4.69, 9.17) is 0 Å². The van der Waals surface area contributed by atoms with Gasteiger partial charge in [0.1, 0.15) is 0 Å². The Labute approximate surface area is 117 Å². The van der Waals surface area contributed by atoms with Crippen molar-refractivity contribution in [2.75, 3.05) is 12.4 Å². The number of benzene rings is 1. The number of anilines is 1. The topological polar surface area (TPSA) is 32.3 Å². The summed E-state index contributed by atoms with van der Waals surface area (Å²) in [4.78, 5) is 15.4. The molecule has 3 nitrogen and oxygen atoms in total. The second-order valence-corrected chi connectivity index (χ2v) is 5.56.